The van der Waals surface area contributed by atoms with Crippen LogP contribution < -0.4 is 5.32 Å². The monoisotopic (exact) mass is 243 g/mol. The van der Waals surface area contributed by atoms with E-state index in [0.717, 1.165) is 19.4 Å². The van der Waals surface area contributed by atoms with Gasteiger partial charge in [-0.15, -0.1) is 0 Å². The number of nitrogens with one attached hydrogen (secondary N) is 1. The molecule has 0 amide bonds. The molecule has 0 spiro atoms. The van der Waals surface area contributed by atoms with Crippen molar-refractivity contribution in [3.63, 3.8) is 0 Å². The molecule has 2 heteroatoms. The van der Waals surface area contributed by atoms with Crippen molar-refractivity contribution in [1.29, 1.82) is 0 Å². The first-order valence-electron chi connectivity index (χ1n) is 6.63. The molecule has 2 aromatic carbocycles. The minimum absolute atomic E-state index is 0.288. The Morgan fingerprint density at radius 3 is 2.67 bits per heavy atom. The lowest BCUT2D eigenvalue weighted by molar-refractivity contribution is 0.229. The van der Waals surface area contributed by atoms with Crippen LogP contribution in [-0.4, -0.2) is 18.3 Å². The summed E-state index contributed by atoms with van der Waals surface area (Å²) in [6.45, 7) is 3.33. The molecule has 0 saturated carbocycles. The minimum atomic E-state index is 0.288. The maximum atomic E-state index is 8.95. The highest BCUT2D eigenvalue weighted by Crippen LogP contribution is 2.18. The average Bonchev–Trinajstić information content (AvgIpc) is 2.43. The first-order valence-corrected chi connectivity index (χ1v) is 6.63. The fraction of sp³-hybridized carbons (Fsp3) is 0.375. The second-order valence-electron chi connectivity index (χ2n) is 4.92. The topological polar surface area (TPSA) is 32.3 Å². The summed E-state index contributed by atoms with van der Waals surface area (Å²) in [5.74, 6) is 0.406. The molecule has 0 radical (unpaired) electrons. The number of anilines is 1. The molecule has 2 N–H and O–H groups in total. The van der Waals surface area contributed by atoms with E-state index in [-0.39, 0.29) is 6.61 Å². The number of aliphatic hydroxyl groups is 1. The van der Waals surface area contributed by atoms with E-state index >= 15 is 0 Å². The first-order chi connectivity index (χ1) is 8.79. The standard InChI is InChI=1S/C16H21NO/c1-13(12-18)5-4-10-17-16-9-8-14-6-2-3-7-15(14)11-16/h2-3,6-9,11,13,17-18H,4-5,10,12H2,1H3. The molecule has 0 aliphatic heterocycles. The molecule has 2 nitrogen and oxygen atoms in total. The highest BCUT2D eigenvalue weighted by Gasteiger charge is 1.99. The number of hydrogen-bond donors (Lipinski definition) is 2. The molecule has 18 heavy (non-hydrogen) atoms. The third-order valence-corrected chi connectivity index (χ3v) is 3.26. The second-order valence-corrected chi connectivity index (χ2v) is 4.92. The van der Waals surface area contributed by atoms with Crippen molar-refractivity contribution in [2.24, 2.45) is 5.92 Å². The van der Waals surface area contributed by atoms with E-state index in [1.807, 2.05) is 0 Å². The third kappa shape index (κ3) is 3.47. The Balaban J connectivity index is 1.88. The van der Waals surface area contributed by atoms with Crippen LogP contribution in [0.15, 0.2) is 42.5 Å². The molecule has 0 aliphatic rings. The van der Waals surface area contributed by atoms with E-state index in [2.05, 4.69) is 54.7 Å². The second kappa shape index (κ2) is 6.41. The van der Waals surface area contributed by atoms with Gasteiger partial charge in [-0.05, 0) is 41.7 Å². The van der Waals surface area contributed by atoms with Crippen molar-refractivity contribution >= 4 is 16.5 Å². The summed E-state index contributed by atoms with van der Waals surface area (Å²) in [4.78, 5) is 0. The zero-order valence-corrected chi connectivity index (χ0v) is 10.9. The number of aliphatic hydroxyl groups excluding tert-OH is 1. The molecule has 0 heterocycles. The fourth-order valence-electron chi connectivity index (χ4n) is 2.07. The van der Waals surface area contributed by atoms with Crippen LogP contribution in [0.5, 0.6) is 0 Å². The zero-order valence-electron chi connectivity index (χ0n) is 10.9. The zero-order chi connectivity index (χ0) is 12.8. The van der Waals surface area contributed by atoms with E-state index < -0.39 is 0 Å². The normalized spacial score (nSPS) is 12.6. The van der Waals surface area contributed by atoms with Crippen LogP contribution in [0.2, 0.25) is 0 Å². The molecule has 0 saturated heterocycles. The molecule has 1 unspecified atom stereocenters. The summed E-state index contributed by atoms with van der Waals surface area (Å²) < 4.78 is 0. The van der Waals surface area contributed by atoms with Gasteiger partial charge in [0, 0.05) is 18.8 Å². The summed E-state index contributed by atoms with van der Waals surface area (Å²) >= 11 is 0. The van der Waals surface area contributed by atoms with E-state index in [4.69, 9.17) is 5.11 Å². The Morgan fingerprint density at radius 1 is 1.11 bits per heavy atom. The smallest absolute Gasteiger partial charge is 0.0456 e. The number of benzene rings is 2. The summed E-state index contributed by atoms with van der Waals surface area (Å²) in [6, 6.07) is 14.8. The largest absolute Gasteiger partial charge is 0.396 e. The SMILES string of the molecule is CC(CO)CCCNc1ccc2ccccc2c1. The van der Waals surface area contributed by atoms with E-state index in [1.54, 1.807) is 0 Å². The van der Waals surface area contributed by atoms with Gasteiger partial charge in [0.25, 0.3) is 0 Å². The van der Waals surface area contributed by atoms with E-state index in [9.17, 15) is 0 Å². The molecule has 1 atom stereocenters. The molecule has 0 bridgehead atoms. The number of rotatable bonds is 6. The van der Waals surface area contributed by atoms with Gasteiger partial charge >= 0.3 is 0 Å². The quantitative estimate of drug-likeness (QED) is 0.759. The maximum absolute atomic E-state index is 8.95. The number of hydrogen-bond acceptors (Lipinski definition) is 2. The summed E-state index contributed by atoms with van der Waals surface area (Å²) in [5, 5.41) is 14.9. The average molecular weight is 243 g/mol. The number of fused-ring (bicyclic) bond motifs is 1. The van der Waals surface area contributed by atoms with Crippen LogP contribution in [0.1, 0.15) is 19.8 Å². The Kier molecular flexibility index (Phi) is 4.59. The van der Waals surface area contributed by atoms with Crippen molar-refractivity contribution in [2.45, 2.75) is 19.8 Å². The lowest BCUT2D eigenvalue weighted by Gasteiger charge is -2.10. The van der Waals surface area contributed by atoms with Gasteiger partial charge in [0.1, 0.15) is 0 Å². The van der Waals surface area contributed by atoms with Crippen molar-refractivity contribution in [3.8, 4) is 0 Å². The minimum Gasteiger partial charge on any atom is -0.396 e. The van der Waals surface area contributed by atoms with Gasteiger partial charge in [-0.25, -0.2) is 0 Å². The molecular formula is C16H21NO. The van der Waals surface area contributed by atoms with E-state index in [1.165, 1.54) is 16.5 Å². The van der Waals surface area contributed by atoms with Crippen LogP contribution in [0.25, 0.3) is 10.8 Å². The van der Waals surface area contributed by atoms with Gasteiger partial charge in [-0.2, -0.15) is 0 Å². The lowest BCUT2D eigenvalue weighted by atomic mass is 10.1. The van der Waals surface area contributed by atoms with Crippen LogP contribution in [0.3, 0.4) is 0 Å². The summed E-state index contributed by atoms with van der Waals surface area (Å²) in [7, 11) is 0. The van der Waals surface area contributed by atoms with Crippen LogP contribution in [0.4, 0.5) is 5.69 Å². The third-order valence-electron chi connectivity index (χ3n) is 3.26. The predicted octanol–water partition coefficient (Wildman–Crippen LogP) is 3.66. The van der Waals surface area contributed by atoms with Crippen LogP contribution in [0, 0.1) is 5.92 Å². The highest BCUT2D eigenvalue weighted by molar-refractivity contribution is 5.85. The predicted molar refractivity (Wildman–Crippen MR) is 77.9 cm³/mol. The van der Waals surface area contributed by atoms with Gasteiger partial charge in [0.15, 0.2) is 0 Å². The van der Waals surface area contributed by atoms with Crippen molar-refractivity contribution in [2.75, 3.05) is 18.5 Å². The maximum Gasteiger partial charge on any atom is 0.0456 e. The molecule has 2 rings (SSSR count). The van der Waals surface area contributed by atoms with Crippen molar-refractivity contribution < 1.29 is 5.11 Å². The summed E-state index contributed by atoms with van der Waals surface area (Å²) in [6.07, 6.45) is 2.16. The van der Waals surface area contributed by atoms with Gasteiger partial charge in [0.2, 0.25) is 0 Å². The van der Waals surface area contributed by atoms with Gasteiger partial charge in [0.05, 0.1) is 0 Å². The van der Waals surface area contributed by atoms with Gasteiger partial charge < -0.3 is 10.4 Å². The Morgan fingerprint density at radius 2 is 1.89 bits per heavy atom. The lowest BCUT2D eigenvalue weighted by Crippen LogP contribution is -2.06. The first kappa shape index (κ1) is 12.9. The van der Waals surface area contributed by atoms with Gasteiger partial charge in [-0.3, -0.25) is 0 Å². The van der Waals surface area contributed by atoms with Gasteiger partial charge in [-0.1, -0.05) is 37.3 Å². The summed E-state index contributed by atoms with van der Waals surface area (Å²) in [5.41, 5.74) is 1.17. The molecular weight excluding hydrogens is 222 g/mol. The highest BCUT2D eigenvalue weighted by atomic mass is 16.3. The Bertz CT molecular complexity index is 495. The molecule has 2 aromatic rings. The molecule has 0 fully saturated rings. The van der Waals surface area contributed by atoms with Crippen LogP contribution in [-0.2, 0) is 0 Å². The van der Waals surface area contributed by atoms with E-state index in [0.29, 0.717) is 5.92 Å². The molecule has 0 aliphatic carbocycles. The molecule has 0 aromatic heterocycles. The molecule has 96 valence electrons. The fourth-order valence-corrected chi connectivity index (χ4v) is 2.07. The Hall–Kier alpha value is -1.54. The van der Waals surface area contributed by atoms with Crippen molar-refractivity contribution in [3.05, 3.63) is 42.5 Å². The van der Waals surface area contributed by atoms with Crippen molar-refractivity contribution in [1.82, 2.24) is 0 Å². The Labute approximate surface area is 109 Å². The van der Waals surface area contributed by atoms with Crippen LogP contribution >= 0.6 is 0 Å².